The van der Waals surface area contributed by atoms with E-state index in [9.17, 15) is 0 Å². The van der Waals surface area contributed by atoms with Crippen LogP contribution in [0.3, 0.4) is 0 Å². The number of hydrazine groups is 1. The van der Waals surface area contributed by atoms with Gasteiger partial charge in [-0.15, -0.1) is 0 Å². The third-order valence-corrected chi connectivity index (χ3v) is 3.28. The number of pyridine rings is 1. The molecule has 1 aliphatic rings. The summed E-state index contributed by atoms with van der Waals surface area (Å²) in [5, 5.41) is 0. The molecule has 1 aliphatic carbocycles. The van der Waals surface area contributed by atoms with Crippen LogP contribution in [0.15, 0.2) is 18.3 Å². The van der Waals surface area contributed by atoms with E-state index in [1.165, 1.54) is 17.7 Å². The van der Waals surface area contributed by atoms with E-state index in [2.05, 4.69) is 16.5 Å². The lowest BCUT2D eigenvalue weighted by Crippen LogP contribution is -2.44. The number of hydrogen-bond donors (Lipinski definition) is 2. The van der Waals surface area contributed by atoms with Gasteiger partial charge in [0.2, 0.25) is 0 Å². The lowest BCUT2D eigenvalue weighted by atomic mass is 9.82. The molecule has 0 fully saturated rings. The number of rotatable bonds is 4. The highest BCUT2D eigenvalue weighted by molar-refractivity contribution is 5.27. The molecule has 0 aromatic carbocycles. The van der Waals surface area contributed by atoms with Gasteiger partial charge in [0.05, 0.1) is 12.6 Å². The number of ether oxygens (including phenoxy) is 1. The second kappa shape index (κ2) is 5.39. The second-order valence-electron chi connectivity index (χ2n) is 4.27. The van der Waals surface area contributed by atoms with Crippen molar-refractivity contribution in [2.75, 3.05) is 13.7 Å². The number of nitrogens with two attached hydrogens (primary N) is 1. The Bertz CT molecular complexity index is 343. The Morgan fingerprint density at radius 3 is 3.31 bits per heavy atom. The predicted molar refractivity (Wildman–Crippen MR) is 62.9 cm³/mol. The van der Waals surface area contributed by atoms with Gasteiger partial charge in [-0.05, 0) is 30.9 Å². The summed E-state index contributed by atoms with van der Waals surface area (Å²) in [7, 11) is 1.70. The number of nitrogens with one attached hydrogen (secondary N) is 1. The zero-order valence-electron chi connectivity index (χ0n) is 9.65. The Balaban J connectivity index is 2.23. The van der Waals surface area contributed by atoms with E-state index in [0.717, 1.165) is 12.8 Å². The third kappa shape index (κ3) is 2.24. The zero-order chi connectivity index (χ0) is 11.4. The van der Waals surface area contributed by atoms with Gasteiger partial charge in [-0.1, -0.05) is 6.07 Å². The van der Waals surface area contributed by atoms with Crippen LogP contribution in [-0.4, -0.2) is 24.7 Å². The predicted octanol–water partition coefficient (Wildman–Crippen LogP) is 0.980. The van der Waals surface area contributed by atoms with Gasteiger partial charge in [0, 0.05) is 24.9 Å². The van der Waals surface area contributed by atoms with Crippen LogP contribution in [-0.2, 0) is 11.2 Å². The highest BCUT2D eigenvalue weighted by Crippen LogP contribution is 2.32. The summed E-state index contributed by atoms with van der Waals surface area (Å²) >= 11 is 0. The highest BCUT2D eigenvalue weighted by atomic mass is 16.5. The average molecular weight is 221 g/mol. The lowest BCUT2D eigenvalue weighted by Gasteiger charge is -2.30. The molecule has 2 unspecified atom stereocenters. The molecule has 0 saturated carbocycles. The summed E-state index contributed by atoms with van der Waals surface area (Å²) < 4.78 is 5.19. The average Bonchev–Trinajstić information content (AvgIpc) is 2.35. The van der Waals surface area contributed by atoms with Gasteiger partial charge in [0.25, 0.3) is 0 Å². The number of fused-ring (bicyclic) bond motifs is 1. The topological polar surface area (TPSA) is 60.2 Å². The fraction of sp³-hybridized carbons (Fsp3) is 0.583. The molecule has 1 heterocycles. The van der Waals surface area contributed by atoms with E-state index in [1.807, 2.05) is 12.3 Å². The van der Waals surface area contributed by atoms with Crippen molar-refractivity contribution in [2.24, 2.45) is 5.84 Å². The van der Waals surface area contributed by atoms with Gasteiger partial charge < -0.3 is 4.74 Å². The maximum Gasteiger partial charge on any atom is 0.0635 e. The third-order valence-electron chi connectivity index (χ3n) is 3.28. The number of methoxy groups -OCH3 is 1. The van der Waals surface area contributed by atoms with Crippen LogP contribution < -0.4 is 11.3 Å². The molecule has 1 aromatic heterocycles. The summed E-state index contributed by atoms with van der Waals surface area (Å²) in [4.78, 5) is 4.50. The Morgan fingerprint density at radius 2 is 2.56 bits per heavy atom. The number of hydrogen-bond acceptors (Lipinski definition) is 4. The van der Waals surface area contributed by atoms with Crippen LogP contribution in [0, 0.1) is 0 Å². The fourth-order valence-electron chi connectivity index (χ4n) is 2.50. The maximum atomic E-state index is 5.59. The first-order chi connectivity index (χ1) is 7.86. The molecule has 0 radical (unpaired) electrons. The second-order valence-corrected chi connectivity index (χ2v) is 4.27. The van der Waals surface area contributed by atoms with Gasteiger partial charge in [0.15, 0.2) is 0 Å². The minimum absolute atomic E-state index is 0.152. The maximum absolute atomic E-state index is 5.59. The Hall–Kier alpha value is -0.970. The van der Waals surface area contributed by atoms with E-state index in [-0.39, 0.29) is 6.04 Å². The first-order valence-electron chi connectivity index (χ1n) is 5.75. The molecule has 4 nitrogen and oxygen atoms in total. The standard InChI is InChI=1S/C12H19N3O/c1-16-8-11(15-13)10-6-2-4-9-5-3-7-14-12(9)10/h3,5,7,10-11,15H,2,4,6,8,13H2,1H3. The van der Waals surface area contributed by atoms with Crippen molar-refractivity contribution in [3.8, 4) is 0 Å². The monoisotopic (exact) mass is 221 g/mol. The van der Waals surface area contributed by atoms with E-state index < -0.39 is 0 Å². The van der Waals surface area contributed by atoms with E-state index >= 15 is 0 Å². The van der Waals surface area contributed by atoms with Gasteiger partial charge in [-0.25, -0.2) is 0 Å². The van der Waals surface area contributed by atoms with E-state index in [0.29, 0.717) is 12.5 Å². The van der Waals surface area contributed by atoms with Crippen molar-refractivity contribution in [2.45, 2.75) is 31.2 Å². The molecule has 16 heavy (non-hydrogen) atoms. The highest BCUT2D eigenvalue weighted by Gasteiger charge is 2.28. The molecule has 1 aromatic rings. The van der Waals surface area contributed by atoms with Crippen molar-refractivity contribution in [1.82, 2.24) is 10.4 Å². The SMILES string of the molecule is COCC(NN)C1CCCc2cccnc21. The number of aryl methyl sites for hydroxylation is 1. The molecule has 0 saturated heterocycles. The number of nitrogens with zero attached hydrogens (tertiary/aromatic N) is 1. The van der Waals surface area contributed by atoms with Gasteiger partial charge in [0.1, 0.15) is 0 Å². The molecule has 2 atom stereocenters. The van der Waals surface area contributed by atoms with Crippen molar-refractivity contribution in [1.29, 1.82) is 0 Å². The molecule has 4 heteroatoms. The summed E-state index contributed by atoms with van der Waals surface area (Å²) in [6.45, 7) is 0.622. The van der Waals surface area contributed by atoms with E-state index in [4.69, 9.17) is 10.6 Å². The molecule has 0 amide bonds. The Labute approximate surface area is 96.2 Å². The van der Waals surface area contributed by atoms with Crippen molar-refractivity contribution in [3.05, 3.63) is 29.6 Å². The largest absolute Gasteiger partial charge is 0.383 e. The van der Waals surface area contributed by atoms with Crippen LogP contribution >= 0.6 is 0 Å². The fourth-order valence-corrected chi connectivity index (χ4v) is 2.50. The molecular weight excluding hydrogens is 202 g/mol. The van der Waals surface area contributed by atoms with Crippen molar-refractivity contribution in [3.63, 3.8) is 0 Å². The number of aromatic nitrogens is 1. The molecule has 0 bridgehead atoms. The van der Waals surface area contributed by atoms with Crippen LogP contribution in [0.5, 0.6) is 0 Å². The van der Waals surface area contributed by atoms with Gasteiger partial charge in [-0.3, -0.25) is 16.3 Å². The van der Waals surface area contributed by atoms with Gasteiger partial charge in [-0.2, -0.15) is 0 Å². The first kappa shape index (κ1) is 11.5. The molecular formula is C12H19N3O. The molecule has 0 aliphatic heterocycles. The Morgan fingerprint density at radius 1 is 1.69 bits per heavy atom. The van der Waals surface area contributed by atoms with Crippen LogP contribution in [0.2, 0.25) is 0 Å². The summed E-state index contributed by atoms with van der Waals surface area (Å²) in [6.07, 6.45) is 5.31. The summed E-state index contributed by atoms with van der Waals surface area (Å²) in [5.41, 5.74) is 5.39. The smallest absolute Gasteiger partial charge is 0.0635 e. The normalized spacial score (nSPS) is 21.5. The quantitative estimate of drug-likeness (QED) is 0.588. The van der Waals surface area contributed by atoms with Crippen LogP contribution in [0.1, 0.15) is 30.0 Å². The summed E-state index contributed by atoms with van der Waals surface area (Å²) in [6, 6.07) is 4.32. The zero-order valence-corrected chi connectivity index (χ0v) is 9.65. The molecule has 2 rings (SSSR count). The van der Waals surface area contributed by atoms with Crippen LogP contribution in [0.25, 0.3) is 0 Å². The minimum atomic E-state index is 0.152. The minimum Gasteiger partial charge on any atom is -0.383 e. The van der Waals surface area contributed by atoms with Crippen molar-refractivity contribution >= 4 is 0 Å². The van der Waals surface area contributed by atoms with Crippen molar-refractivity contribution < 1.29 is 4.74 Å². The molecule has 88 valence electrons. The Kier molecular flexibility index (Phi) is 3.88. The van der Waals surface area contributed by atoms with Gasteiger partial charge >= 0.3 is 0 Å². The first-order valence-corrected chi connectivity index (χ1v) is 5.75. The van der Waals surface area contributed by atoms with Crippen LogP contribution in [0.4, 0.5) is 0 Å². The van der Waals surface area contributed by atoms with E-state index in [1.54, 1.807) is 7.11 Å². The summed E-state index contributed by atoms with van der Waals surface area (Å²) in [5.74, 6) is 5.96. The lowest BCUT2D eigenvalue weighted by molar-refractivity contribution is 0.150. The molecule has 0 spiro atoms. The molecule has 3 N–H and O–H groups in total.